The number of ether oxygens (including phenoxy) is 1. The van der Waals surface area contributed by atoms with Crippen LogP contribution in [0.4, 0.5) is 0 Å². The van der Waals surface area contributed by atoms with Crippen molar-refractivity contribution < 1.29 is 20.1 Å². The topological polar surface area (TPSA) is 69.9 Å². The molecule has 6 aliphatic carbocycles. The molecule has 4 nitrogen and oxygen atoms in total. The lowest BCUT2D eigenvalue weighted by Gasteiger charge is -2.65. The zero-order valence-electron chi connectivity index (χ0n) is 17.3. The predicted octanol–water partition coefficient (Wildman–Crippen LogP) is 3.08. The fourth-order valence-corrected chi connectivity index (χ4v) is 10.7. The van der Waals surface area contributed by atoms with Crippen LogP contribution < -0.4 is 0 Å². The number of hydrogen-bond donors (Lipinski definition) is 3. The number of rotatable bonds is 0. The minimum atomic E-state index is -0.649. The van der Waals surface area contributed by atoms with Crippen LogP contribution >= 0.6 is 0 Å². The van der Waals surface area contributed by atoms with Gasteiger partial charge in [0.25, 0.3) is 0 Å². The van der Waals surface area contributed by atoms with Gasteiger partial charge in [-0.1, -0.05) is 13.8 Å². The second-order valence-electron chi connectivity index (χ2n) is 12.4. The lowest BCUT2D eigenvalue weighted by atomic mass is 9.42. The highest BCUT2D eigenvalue weighted by Crippen LogP contribution is 2.83. The quantitative estimate of drug-likeness (QED) is 0.596. The van der Waals surface area contributed by atoms with E-state index in [1.54, 1.807) is 0 Å². The van der Waals surface area contributed by atoms with Crippen LogP contribution in [0.5, 0.6) is 0 Å². The van der Waals surface area contributed by atoms with Gasteiger partial charge < -0.3 is 20.1 Å². The van der Waals surface area contributed by atoms with Crippen LogP contribution in [0.2, 0.25) is 0 Å². The second kappa shape index (κ2) is 4.84. The molecule has 1 aliphatic heterocycles. The average molecular weight is 389 g/mol. The van der Waals surface area contributed by atoms with Crippen molar-refractivity contribution in [3.63, 3.8) is 0 Å². The minimum absolute atomic E-state index is 0.0356. The van der Waals surface area contributed by atoms with E-state index in [9.17, 15) is 15.3 Å². The van der Waals surface area contributed by atoms with Crippen molar-refractivity contribution >= 4 is 0 Å². The summed E-state index contributed by atoms with van der Waals surface area (Å²) in [5.41, 5.74) is -0.559. The second-order valence-corrected chi connectivity index (χ2v) is 12.4. The highest BCUT2D eigenvalue weighted by atomic mass is 16.6. The minimum Gasteiger partial charge on any atom is -0.393 e. The molecule has 7 aliphatic rings. The summed E-state index contributed by atoms with van der Waals surface area (Å²) in [5, 5.41) is 32.5. The van der Waals surface area contributed by atoms with Crippen LogP contribution in [0.1, 0.15) is 71.6 Å². The highest BCUT2D eigenvalue weighted by molar-refractivity contribution is 5.30. The summed E-state index contributed by atoms with van der Waals surface area (Å²) in [4.78, 5) is 0. The number of aliphatic hydroxyl groups excluding tert-OH is 2. The Hall–Kier alpha value is -0.160. The first-order valence-electron chi connectivity index (χ1n) is 12.0. The van der Waals surface area contributed by atoms with Gasteiger partial charge in [0.2, 0.25) is 0 Å². The zero-order chi connectivity index (χ0) is 19.3. The van der Waals surface area contributed by atoms with E-state index in [4.69, 9.17) is 4.74 Å². The van der Waals surface area contributed by atoms with Crippen LogP contribution in [-0.4, -0.2) is 38.9 Å². The molecule has 3 N–H and O–H groups in total. The maximum absolute atomic E-state index is 11.9. The Morgan fingerprint density at radius 3 is 2.32 bits per heavy atom. The Morgan fingerprint density at radius 1 is 0.821 bits per heavy atom. The van der Waals surface area contributed by atoms with E-state index in [0.29, 0.717) is 36.0 Å². The molecular weight excluding hydrogens is 352 g/mol. The molecule has 7 rings (SSSR count). The lowest BCUT2D eigenvalue weighted by molar-refractivity contribution is -0.247. The maximum atomic E-state index is 11.9. The van der Waals surface area contributed by atoms with Crippen molar-refractivity contribution in [2.75, 3.05) is 0 Å². The Kier molecular flexibility index (Phi) is 3.03. The molecule has 1 spiro atoms. The molecule has 1 heterocycles. The average Bonchev–Trinajstić information content (AvgIpc) is 3.54. The summed E-state index contributed by atoms with van der Waals surface area (Å²) in [6.07, 6.45) is 8.25. The van der Waals surface area contributed by atoms with E-state index in [2.05, 4.69) is 13.8 Å². The molecule has 6 saturated carbocycles. The molecule has 7 fully saturated rings. The van der Waals surface area contributed by atoms with Gasteiger partial charge in [0.05, 0.1) is 17.3 Å². The van der Waals surface area contributed by atoms with Crippen LogP contribution in [0, 0.1) is 52.3 Å². The van der Waals surface area contributed by atoms with Crippen molar-refractivity contribution in [2.24, 2.45) is 52.3 Å². The van der Waals surface area contributed by atoms with Gasteiger partial charge in [-0.15, -0.1) is 0 Å². The molecule has 4 heteroatoms. The third kappa shape index (κ3) is 1.67. The maximum Gasteiger partial charge on any atom is 0.155 e. The monoisotopic (exact) mass is 388 g/mol. The first-order valence-corrected chi connectivity index (χ1v) is 12.0. The number of hydrogen-bond acceptors (Lipinski definition) is 4. The van der Waals surface area contributed by atoms with Crippen molar-refractivity contribution in [3.8, 4) is 0 Å². The van der Waals surface area contributed by atoms with Crippen molar-refractivity contribution in [1.29, 1.82) is 0 Å². The van der Waals surface area contributed by atoms with Gasteiger partial charge in [0.1, 0.15) is 0 Å². The number of fused-ring (bicyclic) bond motifs is 12. The molecule has 13 atom stereocenters. The fourth-order valence-electron chi connectivity index (χ4n) is 10.7. The fraction of sp³-hybridized carbons (Fsp3) is 1.00. The van der Waals surface area contributed by atoms with Crippen LogP contribution in [0.15, 0.2) is 0 Å². The van der Waals surface area contributed by atoms with Gasteiger partial charge in [-0.05, 0) is 91.8 Å². The van der Waals surface area contributed by atoms with E-state index in [1.165, 1.54) is 25.7 Å². The van der Waals surface area contributed by atoms with E-state index in [-0.39, 0.29) is 22.5 Å². The molecule has 0 radical (unpaired) electrons. The Balaban J connectivity index is 1.31. The van der Waals surface area contributed by atoms with Gasteiger partial charge in [0.15, 0.2) is 6.29 Å². The summed E-state index contributed by atoms with van der Waals surface area (Å²) in [5.74, 6) is 4.53. The molecular formula is C24H36O4. The summed E-state index contributed by atoms with van der Waals surface area (Å²) in [6, 6.07) is 0. The van der Waals surface area contributed by atoms with Gasteiger partial charge in [-0.25, -0.2) is 0 Å². The molecule has 0 aromatic heterocycles. The van der Waals surface area contributed by atoms with Crippen LogP contribution in [-0.2, 0) is 4.74 Å². The Labute approximate surface area is 168 Å². The molecule has 156 valence electrons. The summed E-state index contributed by atoms with van der Waals surface area (Å²) >= 11 is 0. The van der Waals surface area contributed by atoms with Gasteiger partial charge in [0, 0.05) is 18.3 Å². The van der Waals surface area contributed by atoms with E-state index < -0.39 is 11.9 Å². The van der Waals surface area contributed by atoms with Crippen LogP contribution in [0.3, 0.4) is 0 Å². The van der Waals surface area contributed by atoms with E-state index in [0.717, 1.165) is 37.5 Å². The first-order chi connectivity index (χ1) is 13.3. The lowest BCUT2D eigenvalue weighted by Crippen LogP contribution is -2.65. The highest BCUT2D eigenvalue weighted by Gasteiger charge is 2.82. The third-order valence-electron chi connectivity index (χ3n) is 11.9. The third-order valence-corrected chi connectivity index (χ3v) is 11.9. The SMILES string of the molecule is C[C@]12CC[C@@H]3[C@@H]([C@H]4C[C@H]4[C@]4(O)C[C@@H](O)CC[C@]34C)[C@H]1[C@@H]1C[C@@H]1[C@@]21CCC(O)O1. The molecule has 0 amide bonds. The molecule has 1 unspecified atom stereocenters. The largest absolute Gasteiger partial charge is 0.393 e. The predicted molar refractivity (Wildman–Crippen MR) is 103 cm³/mol. The standard InChI is InChI=1S/C24H36O4/c1-21-6-3-12(25)11-23(21,27)16-9-13(16)19-15(21)4-7-22(2)20(19)14-10-17(14)24(22)8-5-18(26)28-24/h12-20,25-27H,3-11H2,1-2H3/t12-,13-,14+,15+,16+,17-,18?,19+,20+,21+,22-,23+,24-/m0/s1. The van der Waals surface area contributed by atoms with Gasteiger partial charge >= 0.3 is 0 Å². The Bertz CT molecular complexity index is 740. The van der Waals surface area contributed by atoms with Crippen molar-refractivity contribution in [3.05, 3.63) is 0 Å². The summed E-state index contributed by atoms with van der Waals surface area (Å²) in [7, 11) is 0. The van der Waals surface area contributed by atoms with Crippen molar-refractivity contribution in [1.82, 2.24) is 0 Å². The zero-order valence-corrected chi connectivity index (χ0v) is 17.3. The molecule has 0 bridgehead atoms. The molecule has 0 aromatic carbocycles. The molecule has 28 heavy (non-hydrogen) atoms. The summed E-state index contributed by atoms with van der Waals surface area (Å²) < 4.78 is 6.40. The Morgan fingerprint density at radius 2 is 1.57 bits per heavy atom. The molecule has 0 aromatic rings. The summed E-state index contributed by atoms with van der Waals surface area (Å²) in [6.45, 7) is 4.88. The van der Waals surface area contributed by atoms with Gasteiger partial charge in [-0.3, -0.25) is 0 Å². The van der Waals surface area contributed by atoms with E-state index in [1.807, 2.05) is 0 Å². The first kappa shape index (κ1) is 17.5. The van der Waals surface area contributed by atoms with Crippen molar-refractivity contribution in [2.45, 2.75) is 95.2 Å². The van der Waals surface area contributed by atoms with E-state index >= 15 is 0 Å². The van der Waals surface area contributed by atoms with Crippen LogP contribution in [0.25, 0.3) is 0 Å². The number of aliphatic hydroxyl groups is 3. The molecule has 1 saturated heterocycles. The normalized spacial score (nSPS) is 71.2. The van der Waals surface area contributed by atoms with Gasteiger partial charge in [-0.2, -0.15) is 0 Å². The smallest absolute Gasteiger partial charge is 0.155 e.